The van der Waals surface area contributed by atoms with Crippen LogP contribution in [0.2, 0.25) is 5.15 Å². The lowest BCUT2D eigenvalue weighted by Gasteiger charge is -2.09. The highest BCUT2D eigenvalue weighted by atomic mass is 35.5. The van der Waals surface area contributed by atoms with Crippen LogP contribution >= 0.6 is 11.6 Å². The standard InChI is InChI=1S/C12H13ClN4/c1-8-4-3-5-14-10(8)6-15-12-9(2)11(13)16-7-17-12/h3-5,7H,6H2,1-2H3,(H,15,16,17). The molecule has 2 rings (SSSR count). The molecule has 0 bridgehead atoms. The molecule has 0 radical (unpaired) electrons. The quantitative estimate of drug-likeness (QED) is 0.849. The third-order valence-corrected chi connectivity index (χ3v) is 2.94. The molecule has 0 aromatic carbocycles. The summed E-state index contributed by atoms with van der Waals surface area (Å²) in [5.41, 5.74) is 3.00. The number of halogens is 1. The second-order valence-corrected chi connectivity index (χ2v) is 4.12. The van der Waals surface area contributed by atoms with Crippen molar-refractivity contribution in [2.24, 2.45) is 0 Å². The average Bonchev–Trinajstić information content (AvgIpc) is 2.33. The van der Waals surface area contributed by atoms with Gasteiger partial charge in [-0.05, 0) is 25.5 Å². The van der Waals surface area contributed by atoms with Gasteiger partial charge in [0.1, 0.15) is 17.3 Å². The molecule has 1 N–H and O–H groups in total. The number of hydrogen-bond donors (Lipinski definition) is 1. The molecule has 5 heteroatoms. The lowest BCUT2D eigenvalue weighted by molar-refractivity contribution is 0.991. The molecule has 0 aliphatic carbocycles. The van der Waals surface area contributed by atoms with Crippen molar-refractivity contribution in [1.29, 1.82) is 0 Å². The average molecular weight is 249 g/mol. The first-order chi connectivity index (χ1) is 8.18. The van der Waals surface area contributed by atoms with E-state index >= 15 is 0 Å². The highest BCUT2D eigenvalue weighted by Gasteiger charge is 2.05. The van der Waals surface area contributed by atoms with Crippen LogP contribution < -0.4 is 5.32 Å². The Labute approximate surface area is 105 Å². The highest BCUT2D eigenvalue weighted by molar-refractivity contribution is 6.30. The summed E-state index contributed by atoms with van der Waals surface area (Å²) in [6.07, 6.45) is 3.23. The molecule has 88 valence electrons. The highest BCUT2D eigenvalue weighted by Crippen LogP contribution is 2.18. The largest absolute Gasteiger partial charge is 0.364 e. The molecule has 0 aliphatic rings. The summed E-state index contributed by atoms with van der Waals surface area (Å²) in [7, 11) is 0. The van der Waals surface area contributed by atoms with Crippen LogP contribution in [0.3, 0.4) is 0 Å². The third-order valence-electron chi connectivity index (χ3n) is 2.56. The van der Waals surface area contributed by atoms with Crippen molar-refractivity contribution >= 4 is 17.4 Å². The second kappa shape index (κ2) is 5.10. The fraction of sp³-hybridized carbons (Fsp3) is 0.250. The summed E-state index contributed by atoms with van der Waals surface area (Å²) in [6, 6.07) is 3.95. The molecule has 0 amide bonds. The van der Waals surface area contributed by atoms with Gasteiger partial charge in [-0.1, -0.05) is 17.7 Å². The summed E-state index contributed by atoms with van der Waals surface area (Å²) < 4.78 is 0. The van der Waals surface area contributed by atoms with Gasteiger partial charge in [-0.3, -0.25) is 4.98 Å². The number of hydrogen-bond acceptors (Lipinski definition) is 4. The van der Waals surface area contributed by atoms with E-state index < -0.39 is 0 Å². The first-order valence-electron chi connectivity index (χ1n) is 5.30. The van der Waals surface area contributed by atoms with Crippen LogP contribution in [0, 0.1) is 13.8 Å². The molecule has 0 saturated heterocycles. The van der Waals surface area contributed by atoms with E-state index in [2.05, 4.69) is 20.3 Å². The van der Waals surface area contributed by atoms with E-state index in [1.54, 1.807) is 6.20 Å². The topological polar surface area (TPSA) is 50.7 Å². The minimum absolute atomic E-state index is 0.472. The molecule has 2 heterocycles. The number of rotatable bonds is 3. The van der Waals surface area contributed by atoms with Crippen molar-refractivity contribution in [3.63, 3.8) is 0 Å². The van der Waals surface area contributed by atoms with Gasteiger partial charge in [0.2, 0.25) is 0 Å². The number of anilines is 1. The van der Waals surface area contributed by atoms with Crippen LogP contribution in [0.4, 0.5) is 5.82 Å². The van der Waals surface area contributed by atoms with Crippen molar-refractivity contribution in [3.05, 3.63) is 46.6 Å². The third kappa shape index (κ3) is 2.71. The Balaban J connectivity index is 2.13. The van der Waals surface area contributed by atoms with Gasteiger partial charge in [0.05, 0.1) is 12.2 Å². The monoisotopic (exact) mass is 248 g/mol. The van der Waals surface area contributed by atoms with Gasteiger partial charge in [-0.25, -0.2) is 9.97 Å². The van der Waals surface area contributed by atoms with Crippen LogP contribution in [0.25, 0.3) is 0 Å². The minimum Gasteiger partial charge on any atom is -0.364 e. The lowest BCUT2D eigenvalue weighted by Crippen LogP contribution is -2.06. The number of aromatic nitrogens is 3. The van der Waals surface area contributed by atoms with Crippen molar-refractivity contribution in [2.75, 3.05) is 5.32 Å². The van der Waals surface area contributed by atoms with Crippen LogP contribution in [0.15, 0.2) is 24.7 Å². The van der Waals surface area contributed by atoms with Gasteiger partial charge < -0.3 is 5.32 Å². The molecular weight excluding hydrogens is 236 g/mol. The summed E-state index contributed by atoms with van der Waals surface area (Å²) in [5, 5.41) is 3.69. The predicted octanol–water partition coefficient (Wildman–Crippen LogP) is 2.75. The summed E-state index contributed by atoms with van der Waals surface area (Å²) in [5.74, 6) is 0.745. The summed E-state index contributed by atoms with van der Waals surface area (Å²) >= 11 is 5.92. The Morgan fingerprint density at radius 2 is 2.06 bits per heavy atom. The molecule has 0 spiro atoms. The van der Waals surface area contributed by atoms with Crippen LogP contribution in [-0.2, 0) is 6.54 Å². The van der Waals surface area contributed by atoms with E-state index in [-0.39, 0.29) is 0 Å². The van der Waals surface area contributed by atoms with Gasteiger partial charge in [-0.15, -0.1) is 0 Å². The smallest absolute Gasteiger partial charge is 0.137 e. The Morgan fingerprint density at radius 1 is 1.24 bits per heavy atom. The first kappa shape index (κ1) is 11.8. The van der Waals surface area contributed by atoms with Crippen LogP contribution in [0.1, 0.15) is 16.8 Å². The van der Waals surface area contributed by atoms with Crippen molar-refractivity contribution < 1.29 is 0 Å². The normalized spacial score (nSPS) is 10.3. The van der Waals surface area contributed by atoms with Gasteiger partial charge in [0.15, 0.2) is 0 Å². The Morgan fingerprint density at radius 3 is 2.82 bits per heavy atom. The maximum atomic E-state index is 5.92. The Kier molecular flexibility index (Phi) is 3.54. The van der Waals surface area contributed by atoms with E-state index in [1.165, 1.54) is 6.33 Å². The molecule has 0 fully saturated rings. The fourth-order valence-electron chi connectivity index (χ4n) is 1.48. The van der Waals surface area contributed by atoms with E-state index in [1.807, 2.05) is 26.0 Å². The van der Waals surface area contributed by atoms with Crippen molar-refractivity contribution in [2.45, 2.75) is 20.4 Å². The van der Waals surface area contributed by atoms with Crippen molar-refractivity contribution in [1.82, 2.24) is 15.0 Å². The molecule has 0 unspecified atom stereocenters. The Bertz CT molecular complexity index is 528. The lowest BCUT2D eigenvalue weighted by atomic mass is 10.2. The maximum Gasteiger partial charge on any atom is 0.137 e. The van der Waals surface area contributed by atoms with Gasteiger partial charge in [-0.2, -0.15) is 0 Å². The number of nitrogens with zero attached hydrogens (tertiary/aromatic N) is 3. The Hall–Kier alpha value is -1.68. The fourth-order valence-corrected chi connectivity index (χ4v) is 1.61. The predicted molar refractivity (Wildman–Crippen MR) is 68.1 cm³/mol. The number of nitrogens with one attached hydrogen (secondary N) is 1. The first-order valence-corrected chi connectivity index (χ1v) is 5.67. The SMILES string of the molecule is Cc1cccnc1CNc1ncnc(Cl)c1C. The van der Waals surface area contributed by atoms with E-state index in [4.69, 9.17) is 11.6 Å². The zero-order valence-electron chi connectivity index (χ0n) is 9.74. The van der Waals surface area contributed by atoms with E-state index in [0.29, 0.717) is 11.7 Å². The molecule has 0 aliphatic heterocycles. The number of aryl methyl sites for hydroxylation is 1. The van der Waals surface area contributed by atoms with Gasteiger partial charge >= 0.3 is 0 Å². The molecule has 2 aromatic heterocycles. The second-order valence-electron chi connectivity index (χ2n) is 3.76. The molecule has 0 atom stereocenters. The van der Waals surface area contributed by atoms with Crippen LogP contribution in [-0.4, -0.2) is 15.0 Å². The summed E-state index contributed by atoms with van der Waals surface area (Å²) in [4.78, 5) is 12.4. The molecule has 4 nitrogen and oxygen atoms in total. The van der Waals surface area contributed by atoms with Crippen molar-refractivity contribution in [3.8, 4) is 0 Å². The van der Waals surface area contributed by atoms with E-state index in [9.17, 15) is 0 Å². The maximum absolute atomic E-state index is 5.92. The van der Waals surface area contributed by atoms with Gasteiger partial charge in [0, 0.05) is 11.8 Å². The van der Waals surface area contributed by atoms with Crippen LogP contribution in [0.5, 0.6) is 0 Å². The molecular formula is C12H13ClN4. The van der Waals surface area contributed by atoms with E-state index in [0.717, 1.165) is 22.6 Å². The zero-order chi connectivity index (χ0) is 12.3. The molecule has 2 aromatic rings. The molecule has 17 heavy (non-hydrogen) atoms. The minimum atomic E-state index is 0.472. The number of pyridine rings is 1. The van der Waals surface area contributed by atoms with Gasteiger partial charge in [0.25, 0.3) is 0 Å². The summed E-state index contributed by atoms with van der Waals surface area (Å²) in [6.45, 7) is 4.54. The molecule has 0 saturated carbocycles. The zero-order valence-corrected chi connectivity index (χ0v) is 10.5.